The number of carbonyl (C=O) groups excluding carboxylic acids is 2. The Balaban J connectivity index is 1.57. The molecule has 1 aliphatic heterocycles. The molecule has 0 spiro atoms. The van der Waals surface area contributed by atoms with Gasteiger partial charge < -0.3 is 21.1 Å². The lowest BCUT2D eigenvalue weighted by Gasteiger charge is -2.22. The van der Waals surface area contributed by atoms with Crippen molar-refractivity contribution in [3.63, 3.8) is 0 Å². The third kappa shape index (κ3) is 4.27. The van der Waals surface area contributed by atoms with Gasteiger partial charge in [0.1, 0.15) is 11.3 Å². The van der Waals surface area contributed by atoms with Crippen LogP contribution in [0, 0.1) is 0 Å². The summed E-state index contributed by atoms with van der Waals surface area (Å²) >= 11 is 0. The van der Waals surface area contributed by atoms with Crippen LogP contribution in [0.3, 0.4) is 0 Å². The van der Waals surface area contributed by atoms with Gasteiger partial charge in [0.15, 0.2) is 5.82 Å². The molecule has 0 aliphatic carbocycles. The molecule has 170 valence electrons. The highest BCUT2D eigenvalue weighted by molar-refractivity contribution is 6.07. The predicted molar refractivity (Wildman–Crippen MR) is 123 cm³/mol. The van der Waals surface area contributed by atoms with Crippen LogP contribution < -0.4 is 21.1 Å². The second-order valence-corrected chi connectivity index (χ2v) is 7.74. The van der Waals surface area contributed by atoms with Crippen LogP contribution in [0.25, 0.3) is 0 Å². The summed E-state index contributed by atoms with van der Waals surface area (Å²) in [5.41, 5.74) is 7.23. The van der Waals surface area contributed by atoms with E-state index in [4.69, 9.17) is 10.5 Å². The Kier molecular flexibility index (Phi) is 5.82. The van der Waals surface area contributed by atoms with Crippen molar-refractivity contribution in [2.45, 2.75) is 32.4 Å². The van der Waals surface area contributed by atoms with Gasteiger partial charge in [-0.2, -0.15) is 15.0 Å². The molecular formula is C23H25N7O3. The van der Waals surface area contributed by atoms with Gasteiger partial charge in [-0.25, -0.2) is 4.79 Å². The number of nitrogens with zero attached hydrogens (tertiary/aromatic N) is 4. The zero-order valence-corrected chi connectivity index (χ0v) is 18.6. The van der Waals surface area contributed by atoms with Crippen molar-refractivity contribution < 1.29 is 14.3 Å². The number of hydrogen-bond acceptors (Lipinski definition) is 8. The number of carbonyl (C=O) groups is 2. The molecule has 33 heavy (non-hydrogen) atoms. The summed E-state index contributed by atoms with van der Waals surface area (Å²) in [6, 6.07) is 14.2. The molecule has 4 rings (SSSR count). The summed E-state index contributed by atoms with van der Waals surface area (Å²) in [5.74, 6) is 0.662. The number of benzene rings is 2. The van der Waals surface area contributed by atoms with Gasteiger partial charge in [0, 0.05) is 5.69 Å². The monoisotopic (exact) mass is 447 g/mol. The third-order valence-corrected chi connectivity index (χ3v) is 5.59. The first-order valence-corrected chi connectivity index (χ1v) is 10.5. The molecule has 3 amide bonds. The molecule has 1 fully saturated rings. The van der Waals surface area contributed by atoms with E-state index in [1.165, 1.54) is 0 Å². The highest BCUT2D eigenvalue weighted by atomic mass is 16.5. The molecule has 3 aromatic rings. The lowest BCUT2D eigenvalue weighted by molar-refractivity contribution is -0.131. The Morgan fingerprint density at radius 3 is 2.52 bits per heavy atom. The van der Waals surface area contributed by atoms with Gasteiger partial charge in [0.25, 0.3) is 5.91 Å². The number of nitrogen functional groups attached to an aromatic ring is 1. The Morgan fingerprint density at radius 1 is 1.09 bits per heavy atom. The molecule has 1 saturated heterocycles. The van der Waals surface area contributed by atoms with Gasteiger partial charge in [0.05, 0.1) is 13.7 Å². The normalized spacial score (nSPS) is 17.7. The molecule has 0 bridgehead atoms. The Bertz CT molecular complexity index is 1200. The number of nitrogens with two attached hydrogens (primary N) is 1. The van der Waals surface area contributed by atoms with Crippen molar-refractivity contribution in [3.8, 4) is 5.75 Å². The number of anilines is 3. The van der Waals surface area contributed by atoms with Crippen LogP contribution in [0.2, 0.25) is 0 Å². The maximum Gasteiger partial charge on any atom is 0.325 e. The lowest BCUT2D eigenvalue weighted by atomic mass is 9.92. The first kappa shape index (κ1) is 22.0. The number of methoxy groups -OCH3 is 1. The van der Waals surface area contributed by atoms with Crippen LogP contribution in [-0.2, 0) is 23.3 Å². The molecule has 4 N–H and O–H groups in total. The van der Waals surface area contributed by atoms with Gasteiger partial charge in [0.2, 0.25) is 11.9 Å². The van der Waals surface area contributed by atoms with Crippen molar-refractivity contribution >= 4 is 29.5 Å². The average molecular weight is 447 g/mol. The number of hydrogen-bond donors (Lipinski definition) is 3. The second-order valence-electron chi connectivity index (χ2n) is 7.74. The molecule has 1 aliphatic rings. The highest BCUT2D eigenvalue weighted by Gasteiger charge is 2.49. The van der Waals surface area contributed by atoms with E-state index in [1.54, 1.807) is 38.3 Å². The van der Waals surface area contributed by atoms with Gasteiger partial charge >= 0.3 is 6.03 Å². The van der Waals surface area contributed by atoms with Crippen LogP contribution in [-0.4, -0.2) is 38.9 Å². The fourth-order valence-corrected chi connectivity index (χ4v) is 3.74. The maximum atomic E-state index is 13.2. The molecule has 0 radical (unpaired) electrons. The number of amides is 3. The van der Waals surface area contributed by atoms with E-state index in [9.17, 15) is 9.59 Å². The fourth-order valence-electron chi connectivity index (χ4n) is 3.74. The standard InChI is InChI=1S/C23H25N7O3/c1-4-14-7-5-6-8-17(14)25-21-27-18(26-20(24)28-21)13-30-19(31)23(2,29-22(30)32)15-9-11-16(33-3)12-10-15/h5-12H,4,13H2,1-3H3,(H,29,32)(H3,24,25,26,27,28). The SMILES string of the molecule is CCc1ccccc1Nc1nc(N)nc(CN2C(=O)NC(C)(c3ccc(OC)cc3)C2=O)n1. The Labute approximate surface area is 191 Å². The lowest BCUT2D eigenvalue weighted by Crippen LogP contribution is -2.40. The molecule has 2 heterocycles. The summed E-state index contributed by atoms with van der Waals surface area (Å²) in [6.07, 6.45) is 0.822. The summed E-state index contributed by atoms with van der Waals surface area (Å²) in [5, 5.41) is 5.91. The molecule has 10 heteroatoms. The van der Waals surface area contributed by atoms with Crippen LogP contribution in [0.4, 0.5) is 22.4 Å². The number of aryl methyl sites for hydroxylation is 1. The first-order chi connectivity index (χ1) is 15.8. The largest absolute Gasteiger partial charge is 0.497 e. The second kappa shape index (κ2) is 8.73. The van der Waals surface area contributed by atoms with E-state index < -0.39 is 17.5 Å². The van der Waals surface area contributed by atoms with Crippen molar-refractivity contribution in [2.75, 3.05) is 18.2 Å². The quantitative estimate of drug-likeness (QED) is 0.471. The smallest absolute Gasteiger partial charge is 0.325 e. The minimum Gasteiger partial charge on any atom is -0.497 e. The minimum atomic E-state index is -1.22. The zero-order chi connectivity index (χ0) is 23.6. The number of rotatable bonds is 7. The van der Waals surface area contributed by atoms with Gasteiger partial charge in [-0.15, -0.1) is 0 Å². The zero-order valence-electron chi connectivity index (χ0n) is 18.6. The maximum absolute atomic E-state index is 13.2. The van der Waals surface area contributed by atoms with E-state index in [0.29, 0.717) is 11.3 Å². The van der Waals surface area contributed by atoms with E-state index in [0.717, 1.165) is 22.6 Å². The molecule has 2 aromatic carbocycles. The van der Waals surface area contributed by atoms with Gasteiger partial charge in [-0.3, -0.25) is 9.69 Å². The van der Waals surface area contributed by atoms with Crippen LogP contribution in [0.1, 0.15) is 30.8 Å². The Hall–Kier alpha value is -4.21. The molecular weight excluding hydrogens is 422 g/mol. The van der Waals surface area contributed by atoms with Crippen LogP contribution >= 0.6 is 0 Å². The summed E-state index contributed by atoms with van der Waals surface area (Å²) in [6.45, 7) is 3.56. The number of aromatic nitrogens is 3. The van der Waals surface area contributed by atoms with Gasteiger partial charge in [-0.1, -0.05) is 37.3 Å². The molecule has 1 unspecified atom stereocenters. The number of urea groups is 1. The van der Waals surface area contributed by atoms with E-state index in [1.807, 2.05) is 31.2 Å². The molecule has 1 aromatic heterocycles. The van der Waals surface area contributed by atoms with Crippen LogP contribution in [0.15, 0.2) is 48.5 Å². The number of ether oxygens (including phenoxy) is 1. The Morgan fingerprint density at radius 2 is 1.82 bits per heavy atom. The van der Waals surface area contributed by atoms with E-state index in [-0.39, 0.29) is 24.3 Å². The third-order valence-electron chi connectivity index (χ3n) is 5.59. The number of imide groups is 1. The first-order valence-electron chi connectivity index (χ1n) is 10.5. The fraction of sp³-hybridized carbons (Fsp3) is 0.261. The van der Waals surface area contributed by atoms with Crippen LogP contribution in [0.5, 0.6) is 5.75 Å². The molecule has 10 nitrogen and oxygen atoms in total. The summed E-state index contributed by atoms with van der Waals surface area (Å²) in [7, 11) is 1.56. The van der Waals surface area contributed by atoms with Crippen molar-refractivity contribution in [1.29, 1.82) is 0 Å². The van der Waals surface area contributed by atoms with Crippen molar-refractivity contribution in [3.05, 3.63) is 65.5 Å². The van der Waals surface area contributed by atoms with E-state index in [2.05, 4.69) is 25.6 Å². The van der Waals surface area contributed by atoms with E-state index >= 15 is 0 Å². The topological polar surface area (TPSA) is 135 Å². The van der Waals surface area contributed by atoms with Crippen molar-refractivity contribution in [1.82, 2.24) is 25.2 Å². The molecule has 1 atom stereocenters. The summed E-state index contributed by atoms with van der Waals surface area (Å²) in [4.78, 5) is 39.6. The van der Waals surface area contributed by atoms with Crippen molar-refractivity contribution in [2.24, 2.45) is 0 Å². The number of nitrogens with one attached hydrogen (secondary N) is 2. The summed E-state index contributed by atoms with van der Waals surface area (Å²) < 4.78 is 5.17. The highest BCUT2D eigenvalue weighted by Crippen LogP contribution is 2.31. The molecule has 0 saturated carbocycles. The minimum absolute atomic E-state index is 0.0125. The average Bonchev–Trinajstić information content (AvgIpc) is 3.03. The van der Waals surface area contributed by atoms with Gasteiger partial charge in [-0.05, 0) is 42.7 Å². The predicted octanol–water partition coefficient (Wildman–Crippen LogP) is 2.74. The number of para-hydroxylation sites is 1.